The number of para-hydroxylation sites is 2. The van der Waals surface area contributed by atoms with Gasteiger partial charge in [0, 0.05) is 60.4 Å². The van der Waals surface area contributed by atoms with E-state index in [-0.39, 0.29) is 49.1 Å². The number of carboxylic acid groups (broad SMARTS) is 1. The molecule has 0 radical (unpaired) electrons. The van der Waals surface area contributed by atoms with Gasteiger partial charge in [0.25, 0.3) is 11.8 Å². The van der Waals surface area contributed by atoms with Gasteiger partial charge in [0.15, 0.2) is 11.3 Å². The second-order valence-corrected chi connectivity index (χ2v) is 13.9. The Morgan fingerprint density at radius 3 is 1.53 bits per heavy atom. The molecule has 2 amide bonds. The second-order valence-electron chi connectivity index (χ2n) is 13.9. The van der Waals surface area contributed by atoms with Gasteiger partial charge in [0.1, 0.15) is 0 Å². The third kappa shape index (κ3) is 11.3. The average Bonchev–Trinajstić information content (AvgIpc) is 3.97. The smallest absolute Gasteiger partial charge is 0.870 e. The average molecular weight is 855 g/mol. The summed E-state index contributed by atoms with van der Waals surface area (Å²) in [6, 6.07) is 32.7. The van der Waals surface area contributed by atoms with Crippen LogP contribution in [-0.4, -0.2) is 70.1 Å². The summed E-state index contributed by atoms with van der Waals surface area (Å²) in [5.41, 5.74) is 20.0. The van der Waals surface area contributed by atoms with Crippen LogP contribution in [0.2, 0.25) is 0 Å². The third-order valence-electron chi connectivity index (χ3n) is 9.64. The fourth-order valence-corrected chi connectivity index (χ4v) is 6.67. The Bertz CT molecular complexity index is 2930. The molecule has 4 aromatic carbocycles. The van der Waals surface area contributed by atoms with E-state index in [1.54, 1.807) is 95.3 Å². The van der Waals surface area contributed by atoms with Crippen LogP contribution in [0.5, 0.6) is 0 Å². The van der Waals surface area contributed by atoms with Crippen molar-refractivity contribution >= 4 is 46.4 Å². The molecule has 8 N–H and O–H groups in total. The van der Waals surface area contributed by atoms with Crippen molar-refractivity contribution in [1.82, 2.24) is 29.2 Å². The Balaban J connectivity index is 0.000000234. The van der Waals surface area contributed by atoms with Crippen molar-refractivity contribution in [2.24, 2.45) is 11.5 Å². The molecule has 0 saturated heterocycles. The van der Waals surface area contributed by atoms with Crippen LogP contribution < -0.4 is 41.0 Å². The number of hydrogen-bond donors (Lipinski definition) is 5. The second kappa shape index (κ2) is 22.0. The number of hydrogen-bond acceptors (Lipinski definition) is 12. The number of anilines is 2. The van der Waals surface area contributed by atoms with Gasteiger partial charge in [0.05, 0.1) is 42.0 Å². The summed E-state index contributed by atoms with van der Waals surface area (Å²) in [5, 5.41) is 24.0. The van der Waals surface area contributed by atoms with Crippen molar-refractivity contribution in [3.63, 3.8) is 0 Å². The van der Waals surface area contributed by atoms with Gasteiger partial charge >= 0.3 is 30.8 Å². The molecule has 0 aliphatic heterocycles. The summed E-state index contributed by atoms with van der Waals surface area (Å²) in [6.07, 6.45) is 6.39. The maximum atomic E-state index is 13.3. The van der Waals surface area contributed by atoms with Gasteiger partial charge in [-0.15, -0.1) is 0 Å². The number of nitrogens with two attached hydrogens (primary N) is 2. The number of carbonyl (C=O) groups excluding carboxylic acids is 3. The largest absolute Gasteiger partial charge is 1.00 e. The number of carboxylic acids is 1. The number of amides is 2. The minimum atomic E-state index is -0.974. The number of imidazole rings is 2. The molecule has 0 bridgehead atoms. The summed E-state index contributed by atoms with van der Waals surface area (Å²) in [4.78, 5) is 58.0. The number of rotatable bonds is 13. The van der Waals surface area contributed by atoms with Crippen molar-refractivity contribution in [2.75, 3.05) is 17.2 Å². The molecule has 4 heterocycles. The number of aliphatic carboxylic acids is 1. The number of benzene rings is 4. The number of ether oxygens (including phenoxy) is 1. The molecule has 0 saturated carbocycles. The zero-order chi connectivity index (χ0) is 43.6. The van der Waals surface area contributed by atoms with Gasteiger partial charge in [-0.25, -0.2) is 19.0 Å². The fraction of sp³-hybridized carbons (Fsp3) is 0.130. The van der Waals surface area contributed by atoms with E-state index in [0.29, 0.717) is 76.0 Å². The van der Waals surface area contributed by atoms with E-state index >= 15 is 0 Å². The fourth-order valence-electron chi connectivity index (χ4n) is 6.67. The van der Waals surface area contributed by atoms with E-state index in [1.165, 1.54) is 0 Å². The Kier molecular flexibility index (Phi) is 16.3. The van der Waals surface area contributed by atoms with Crippen molar-refractivity contribution in [1.29, 1.82) is 0 Å². The maximum Gasteiger partial charge on any atom is 1.00 e. The minimum Gasteiger partial charge on any atom is -0.870 e. The van der Waals surface area contributed by atoms with Gasteiger partial charge in [-0.3, -0.25) is 19.2 Å². The molecule has 0 unspecified atom stereocenters. The van der Waals surface area contributed by atoms with E-state index in [9.17, 15) is 19.2 Å². The van der Waals surface area contributed by atoms with Crippen molar-refractivity contribution in [3.05, 3.63) is 167 Å². The molecule has 18 heteroatoms. The Labute approximate surface area is 379 Å². The first kappa shape index (κ1) is 47.5. The van der Waals surface area contributed by atoms with E-state index in [2.05, 4.69) is 30.8 Å². The van der Waals surface area contributed by atoms with Gasteiger partial charge in [-0.1, -0.05) is 72.8 Å². The Morgan fingerprint density at radius 1 is 0.641 bits per heavy atom. The Morgan fingerprint density at radius 2 is 1.09 bits per heavy atom. The molecule has 17 nitrogen and oxygen atoms in total. The molecular formula is C46H43LiN10O7. The van der Waals surface area contributed by atoms with Gasteiger partial charge in [0.2, 0.25) is 0 Å². The van der Waals surface area contributed by atoms with Crippen LogP contribution in [0.4, 0.5) is 11.4 Å². The molecule has 0 spiro atoms. The first-order valence-electron chi connectivity index (χ1n) is 19.6. The first-order chi connectivity index (χ1) is 30.1. The number of carbonyl (C=O) groups is 4. The maximum absolute atomic E-state index is 13.3. The van der Waals surface area contributed by atoms with Gasteiger partial charge in [-0.2, -0.15) is 10.2 Å². The molecule has 0 fully saturated rings. The van der Waals surface area contributed by atoms with Crippen LogP contribution in [0.25, 0.3) is 33.8 Å². The Hall–Kier alpha value is -7.52. The molecule has 320 valence electrons. The number of esters is 1. The van der Waals surface area contributed by atoms with Crippen LogP contribution in [0.3, 0.4) is 0 Å². The molecule has 64 heavy (non-hydrogen) atoms. The van der Waals surface area contributed by atoms with E-state index in [1.807, 2.05) is 54.6 Å². The van der Waals surface area contributed by atoms with Crippen molar-refractivity contribution < 1.29 is 53.4 Å². The normalized spacial score (nSPS) is 10.5. The first-order valence-corrected chi connectivity index (χ1v) is 19.6. The third-order valence-corrected chi connectivity index (χ3v) is 9.64. The number of nitrogens with one attached hydrogen (secondary N) is 2. The van der Waals surface area contributed by atoms with Crippen LogP contribution in [0, 0.1) is 0 Å². The quantitative estimate of drug-likeness (QED) is 0.0827. The summed E-state index contributed by atoms with van der Waals surface area (Å²) in [7, 11) is 0. The number of fused-ring (bicyclic) bond motifs is 2. The molecule has 8 aromatic rings. The van der Waals surface area contributed by atoms with Crippen LogP contribution in [0.15, 0.2) is 134 Å². The topological polar surface area (TPSA) is 264 Å². The molecule has 0 aliphatic carbocycles. The van der Waals surface area contributed by atoms with E-state index in [0.717, 1.165) is 22.3 Å². The van der Waals surface area contributed by atoms with E-state index < -0.39 is 11.9 Å². The van der Waals surface area contributed by atoms with Crippen LogP contribution >= 0.6 is 0 Å². The predicted molar refractivity (Wildman–Crippen MR) is 235 cm³/mol. The monoisotopic (exact) mass is 854 g/mol. The zero-order valence-electron chi connectivity index (χ0n) is 35.0. The molecule has 8 rings (SSSR count). The molecule has 0 atom stereocenters. The van der Waals surface area contributed by atoms with Crippen LogP contribution in [0.1, 0.15) is 49.9 Å². The predicted octanol–water partition coefficient (Wildman–Crippen LogP) is 2.77. The van der Waals surface area contributed by atoms with Gasteiger partial charge in [-0.05, 0) is 65.6 Å². The molecular weight excluding hydrogens is 812 g/mol. The van der Waals surface area contributed by atoms with Crippen molar-refractivity contribution in [3.8, 4) is 22.5 Å². The number of nitrogens with zero attached hydrogens (tertiary/aromatic N) is 6. The SMILES string of the molecule is CCOC(=O)Cc1ccccc1NC(=O)c1cc(-c2cccc(CN)c2)nn2ccnc12.NCc1cccc(-c2cc(C(=O)Nc3ccccc3CC(=O)O)c3nccn3n2)c1.[Li+].[OH-]. The number of aromatic nitrogens is 6. The summed E-state index contributed by atoms with van der Waals surface area (Å²) in [5.74, 6) is -2.08. The molecule has 4 aromatic heterocycles. The van der Waals surface area contributed by atoms with Crippen LogP contribution in [-0.2, 0) is 40.3 Å². The zero-order valence-corrected chi connectivity index (χ0v) is 35.0. The van der Waals surface area contributed by atoms with Crippen molar-refractivity contribution in [2.45, 2.75) is 32.9 Å². The summed E-state index contributed by atoms with van der Waals surface area (Å²) < 4.78 is 8.16. The summed E-state index contributed by atoms with van der Waals surface area (Å²) in [6.45, 7) is 2.86. The summed E-state index contributed by atoms with van der Waals surface area (Å²) >= 11 is 0. The minimum absolute atomic E-state index is 0. The van der Waals surface area contributed by atoms with E-state index in [4.69, 9.17) is 21.3 Å². The standard InChI is InChI=1S/C24H23N5O3.C22H19N5O3.Li.H2O/c1-2-32-22(30)13-18-7-3-4-9-20(18)27-24(31)19-14-21(28-29-11-10-26-23(19)29)17-8-5-6-16(12-17)15-25;23-13-14-4-3-6-15(10-14)19-12-17(21-24-8-9-27(21)26-19)22(30)25-18-7-2-1-5-16(18)11-20(28)29;;/h3-12,14H,2,13,15,25H2,1H3,(H,27,31);1-10,12H,11,13,23H2,(H,25,30)(H,28,29);;1H2/q;;+1;/p-1. The molecule has 0 aliphatic rings. The van der Waals surface area contributed by atoms with Gasteiger partial charge < -0.3 is 37.4 Å².